The second-order valence-electron chi connectivity index (χ2n) is 5.39. The Morgan fingerprint density at radius 1 is 0.952 bits per heavy atom. The molecule has 0 N–H and O–H groups in total. The van der Waals surface area contributed by atoms with E-state index in [1.165, 1.54) is 25.7 Å². The zero-order valence-corrected chi connectivity index (χ0v) is 13.6. The standard InChI is InChI=1S/C18H28O3/c1-4-5-6-7-8-9-16(19)12-10-15-11-13-17(20-2)18(14-15)21-3/h11,13-14H,4-10,12H2,1-3H3. The van der Waals surface area contributed by atoms with Crippen molar-refractivity contribution in [2.24, 2.45) is 0 Å². The molecular weight excluding hydrogens is 264 g/mol. The van der Waals surface area contributed by atoms with Gasteiger partial charge < -0.3 is 9.47 Å². The average Bonchev–Trinajstić information content (AvgIpc) is 2.52. The minimum absolute atomic E-state index is 0.362. The van der Waals surface area contributed by atoms with Gasteiger partial charge in [-0.15, -0.1) is 0 Å². The molecule has 0 atom stereocenters. The molecule has 0 heterocycles. The molecule has 0 saturated heterocycles. The van der Waals surface area contributed by atoms with Gasteiger partial charge in [-0.3, -0.25) is 4.79 Å². The zero-order valence-electron chi connectivity index (χ0n) is 13.6. The summed E-state index contributed by atoms with van der Waals surface area (Å²) in [5.41, 5.74) is 1.12. The van der Waals surface area contributed by atoms with Crippen LogP contribution in [0.2, 0.25) is 0 Å². The summed E-state index contributed by atoms with van der Waals surface area (Å²) in [6.45, 7) is 2.20. The van der Waals surface area contributed by atoms with Crippen molar-refractivity contribution in [3.63, 3.8) is 0 Å². The summed E-state index contributed by atoms with van der Waals surface area (Å²) in [6.07, 6.45) is 8.08. The quantitative estimate of drug-likeness (QED) is 0.561. The Labute approximate surface area is 128 Å². The molecular formula is C18H28O3. The van der Waals surface area contributed by atoms with Crippen LogP contribution in [0, 0.1) is 0 Å². The SMILES string of the molecule is CCCCCCCC(=O)CCc1ccc(OC)c(OC)c1. The molecule has 0 aromatic heterocycles. The molecule has 0 aliphatic heterocycles. The van der Waals surface area contributed by atoms with E-state index in [9.17, 15) is 4.79 Å². The van der Waals surface area contributed by atoms with E-state index in [0.717, 1.165) is 36.3 Å². The summed E-state index contributed by atoms with van der Waals surface area (Å²) < 4.78 is 10.5. The number of carbonyl (C=O) groups is 1. The average molecular weight is 292 g/mol. The summed E-state index contributed by atoms with van der Waals surface area (Å²) in [7, 11) is 3.25. The fourth-order valence-electron chi connectivity index (χ4n) is 2.37. The Morgan fingerprint density at radius 3 is 2.33 bits per heavy atom. The fourth-order valence-corrected chi connectivity index (χ4v) is 2.37. The van der Waals surface area contributed by atoms with Crippen LogP contribution in [0.4, 0.5) is 0 Å². The molecule has 0 fully saturated rings. The Balaban J connectivity index is 2.32. The molecule has 0 radical (unpaired) electrons. The molecule has 118 valence electrons. The predicted molar refractivity (Wildman–Crippen MR) is 86.3 cm³/mol. The van der Waals surface area contributed by atoms with Gasteiger partial charge in [0.2, 0.25) is 0 Å². The van der Waals surface area contributed by atoms with Gasteiger partial charge in [0.25, 0.3) is 0 Å². The number of carbonyl (C=O) groups excluding carboxylic acids is 1. The van der Waals surface area contributed by atoms with Crippen molar-refractivity contribution in [1.82, 2.24) is 0 Å². The normalized spacial score (nSPS) is 10.4. The summed E-state index contributed by atoms with van der Waals surface area (Å²) in [6, 6.07) is 5.84. The van der Waals surface area contributed by atoms with Crippen molar-refractivity contribution in [3.8, 4) is 11.5 Å². The molecule has 1 rings (SSSR count). The topological polar surface area (TPSA) is 35.5 Å². The Hall–Kier alpha value is -1.51. The highest BCUT2D eigenvalue weighted by Gasteiger charge is 2.07. The molecule has 0 aliphatic carbocycles. The van der Waals surface area contributed by atoms with E-state index in [2.05, 4.69) is 6.92 Å². The zero-order chi connectivity index (χ0) is 15.5. The number of Topliss-reactive ketones (excluding diaryl/α,β-unsaturated/α-hetero) is 1. The highest BCUT2D eigenvalue weighted by Crippen LogP contribution is 2.28. The fraction of sp³-hybridized carbons (Fsp3) is 0.611. The second kappa shape index (κ2) is 10.3. The molecule has 0 saturated carbocycles. The van der Waals surface area contributed by atoms with Crippen LogP contribution in [0.5, 0.6) is 11.5 Å². The lowest BCUT2D eigenvalue weighted by Crippen LogP contribution is -2.01. The van der Waals surface area contributed by atoms with Gasteiger partial charge >= 0.3 is 0 Å². The highest BCUT2D eigenvalue weighted by molar-refractivity contribution is 5.78. The lowest BCUT2D eigenvalue weighted by Gasteiger charge is -2.09. The van der Waals surface area contributed by atoms with Gasteiger partial charge in [0, 0.05) is 12.8 Å². The first-order valence-electron chi connectivity index (χ1n) is 7.93. The third-order valence-electron chi connectivity index (χ3n) is 3.70. The van der Waals surface area contributed by atoms with E-state index >= 15 is 0 Å². The number of ether oxygens (including phenoxy) is 2. The lowest BCUT2D eigenvalue weighted by molar-refractivity contribution is -0.119. The van der Waals surface area contributed by atoms with E-state index in [4.69, 9.17) is 9.47 Å². The third-order valence-corrected chi connectivity index (χ3v) is 3.70. The van der Waals surface area contributed by atoms with Gasteiger partial charge in [-0.2, -0.15) is 0 Å². The third kappa shape index (κ3) is 6.65. The molecule has 0 spiro atoms. The van der Waals surface area contributed by atoms with Crippen LogP contribution in [0.15, 0.2) is 18.2 Å². The lowest BCUT2D eigenvalue weighted by atomic mass is 10.0. The molecule has 0 amide bonds. The number of hydrogen-bond acceptors (Lipinski definition) is 3. The molecule has 3 nitrogen and oxygen atoms in total. The van der Waals surface area contributed by atoms with Crippen LogP contribution in [0.25, 0.3) is 0 Å². The smallest absolute Gasteiger partial charge is 0.160 e. The van der Waals surface area contributed by atoms with Crippen molar-refractivity contribution in [1.29, 1.82) is 0 Å². The van der Waals surface area contributed by atoms with Gasteiger partial charge in [-0.25, -0.2) is 0 Å². The Morgan fingerprint density at radius 2 is 1.67 bits per heavy atom. The van der Waals surface area contributed by atoms with E-state index < -0.39 is 0 Å². The minimum atomic E-state index is 0.362. The summed E-state index contributed by atoms with van der Waals surface area (Å²) >= 11 is 0. The van der Waals surface area contributed by atoms with Crippen molar-refractivity contribution in [2.75, 3.05) is 14.2 Å². The van der Waals surface area contributed by atoms with Gasteiger partial charge in [-0.1, -0.05) is 38.7 Å². The number of ketones is 1. The summed E-state index contributed by atoms with van der Waals surface area (Å²) in [5.74, 6) is 1.81. The van der Waals surface area contributed by atoms with Crippen LogP contribution in [0.1, 0.15) is 57.4 Å². The first-order chi connectivity index (χ1) is 10.2. The summed E-state index contributed by atoms with van der Waals surface area (Å²) in [5, 5.41) is 0. The Bertz CT molecular complexity index is 426. The maximum atomic E-state index is 11.9. The molecule has 3 heteroatoms. The molecule has 21 heavy (non-hydrogen) atoms. The van der Waals surface area contributed by atoms with Crippen LogP contribution < -0.4 is 9.47 Å². The molecule has 0 bridgehead atoms. The second-order valence-corrected chi connectivity index (χ2v) is 5.39. The van der Waals surface area contributed by atoms with Crippen LogP contribution in [-0.4, -0.2) is 20.0 Å². The number of methoxy groups -OCH3 is 2. The van der Waals surface area contributed by atoms with Crippen molar-refractivity contribution in [3.05, 3.63) is 23.8 Å². The minimum Gasteiger partial charge on any atom is -0.493 e. The van der Waals surface area contributed by atoms with E-state index in [0.29, 0.717) is 12.2 Å². The number of unbranched alkanes of at least 4 members (excludes halogenated alkanes) is 4. The monoisotopic (exact) mass is 292 g/mol. The predicted octanol–water partition coefficient (Wildman–Crippen LogP) is 4.57. The van der Waals surface area contributed by atoms with Gasteiger partial charge in [0.05, 0.1) is 14.2 Å². The molecule has 0 unspecified atom stereocenters. The van der Waals surface area contributed by atoms with Crippen molar-refractivity contribution in [2.45, 2.75) is 58.3 Å². The first kappa shape index (κ1) is 17.5. The van der Waals surface area contributed by atoms with Crippen molar-refractivity contribution < 1.29 is 14.3 Å². The van der Waals surface area contributed by atoms with Gasteiger partial charge in [0.15, 0.2) is 11.5 Å². The van der Waals surface area contributed by atoms with Gasteiger partial charge in [-0.05, 0) is 30.5 Å². The maximum Gasteiger partial charge on any atom is 0.160 e. The molecule has 1 aromatic carbocycles. The first-order valence-corrected chi connectivity index (χ1v) is 7.93. The maximum absolute atomic E-state index is 11.9. The number of aryl methyl sites for hydroxylation is 1. The largest absolute Gasteiger partial charge is 0.493 e. The van der Waals surface area contributed by atoms with E-state index in [1.807, 2.05) is 18.2 Å². The van der Waals surface area contributed by atoms with Crippen molar-refractivity contribution >= 4 is 5.78 Å². The van der Waals surface area contributed by atoms with Crippen LogP contribution >= 0.6 is 0 Å². The Kier molecular flexibility index (Phi) is 8.56. The molecule has 1 aromatic rings. The van der Waals surface area contributed by atoms with Crippen LogP contribution in [-0.2, 0) is 11.2 Å². The molecule has 0 aliphatic rings. The van der Waals surface area contributed by atoms with Gasteiger partial charge in [0.1, 0.15) is 5.78 Å². The number of hydrogen-bond donors (Lipinski definition) is 0. The van der Waals surface area contributed by atoms with E-state index in [-0.39, 0.29) is 0 Å². The van der Waals surface area contributed by atoms with Crippen LogP contribution in [0.3, 0.4) is 0 Å². The number of rotatable bonds is 11. The number of benzene rings is 1. The van der Waals surface area contributed by atoms with E-state index in [1.54, 1.807) is 14.2 Å². The highest BCUT2D eigenvalue weighted by atomic mass is 16.5. The summed E-state index contributed by atoms with van der Waals surface area (Å²) in [4.78, 5) is 11.9.